The summed E-state index contributed by atoms with van der Waals surface area (Å²) >= 11 is 0. The zero-order chi connectivity index (χ0) is 18.1. The van der Waals surface area contributed by atoms with E-state index in [2.05, 4.69) is 15.0 Å². The number of nitrogens with two attached hydrogens (primary N) is 1. The van der Waals surface area contributed by atoms with E-state index < -0.39 is 10.0 Å². The van der Waals surface area contributed by atoms with E-state index in [0.29, 0.717) is 16.3 Å². The fourth-order valence-electron chi connectivity index (χ4n) is 1.77. The molecule has 130 valence electrons. The molecule has 0 aliphatic carbocycles. The number of rotatable bonds is 5. The quantitative estimate of drug-likeness (QED) is 0.608. The third-order valence-electron chi connectivity index (χ3n) is 3.17. The van der Waals surface area contributed by atoms with Crippen LogP contribution in [0.1, 0.15) is 5.56 Å². The van der Waals surface area contributed by atoms with Crippen molar-refractivity contribution in [1.82, 2.24) is 15.0 Å². The van der Waals surface area contributed by atoms with Crippen molar-refractivity contribution in [3.05, 3.63) is 29.8 Å². The normalized spacial score (nSPS) is 11.2. The second kappa shape index (κ2) is 6.57. The van der Waals surface area contributed by atoms with Crippen molar-refractivity contribution in [2.24, 2.45) is 5.84 Å². The van der Waals surface area contributed by atoms with Crippen LogP contribution in [0, 0.1) is 6.92 Å². The summed E-state index contributed by atoms with van der Waals surface area (Å²) in [6.07, 6.45) is 0. The smallest absolute Gasteiger partial charge is 0.280 e. The maximum absolute atomic E-state index is 12.7. The van der Waals surface area contributed by atoms with E-state index in [1.165, 1.54) is 12.1 Å². The standard InChI is InChI=1S/C14H21N7O2S/c1-10-6-8-11(9-7-10)24(22,23)21(15)14-17-12(19(2)3)16-13(18-14)20(4)5/h6-9H,15H2,1-5H3. The summed E-state index contributed by atoms with van der Waals surface area (Å²) in [5, 5.41) is 0. The van der Waals surface area contributed by atoms with Gasteiger partial charge in [-0.2, -0.15) is 27.8 Å². The van der Waals surface area contributed by atoms with Gasteiger partial charge < -0.3 is 9.80 Å². The highest BCUT2D eigenvalue weighted by atomic mass is 32.2. The van der Waals surface area contributed by atoms with Gasteiger partial charge in [-0.25, -0.2) is 5.84 Å². The van der Waals surface area contributed by atoms with E-state index in [1.54, 1.807) is 50.1 Å². The van der Waals surface area contributed by atoms with Gasteiger partial charge in [0.05, 0.1) is 4.90 Å². The Balaban J connectivity index is 2.51. The SMILES string of the molecule is Cc1ccc(S(=O)(=O)N(N)c2nc(N(C)C)nc(N(C)C)n2)cc1. The Labute approximate surface area is 141 Å². The largest absolute Gasteiger partial charge is 0.347 e. The Morgan fingerprint density at radius 1 is 0.833 bits per heavy atom. The first-order valence-electron chi connectivity index (χ1n) is 7.10. The minimum absolute atomic E-state index is 0.0637. The van der Waals surface area contributed by atoms with Gasteiger partial charge in [0, 0.05) is 28.2 Å². The summed E-state index contributed by atoms with van der Waals surface area (Å²) in [6.45, 7) is 1.87. The lowest BCUT2D eigenvalue weighted by atomic mass is 10.2. The number of benzene rings is 1. The van der Waals surface area contributed by atoms with Crippen LogP contribution in [0.15, 0.2) is 29.2 Å². The molecule has 0 fully saturated rings. The first-order chi connectivity index (χ1) is 11.1. The lowest BCUT2D eigenvalue weighted by Gasteiger charge is -2.21. The first kappa shape index (κ1) is 17.9. The van der Waals surface area contributed by atoms with Gasteiger partial charge in [0.15, 0.2) is 0 Å². The van der Waals surface area contributed by atoms with Crippen molar-refractivity contribution >= 4 is 27.9 Å². The number of hydrogen-bond acceptors (Lipinski definition) is 8. The van der Waals surface area contributed by atoms with Gasteiger partial charge in [0.25, 0.3) is 16.0 Å². The maximum Gasteiger partial charge on any atom is 0.280 e. The van der Waals surface area contributed by atoms with E-state index in [4.69, 9.17) is 5.84 Å². The summed E-state index contributed by atoms with van der Waals surface area (Å²) in [5.74, 6) is 6.29. The van der Waals surface area contributed by atoms with Gasteiger partial charge >= 0.3 is 0 Å². The third-order valence-corrected chi connectivity index (χ3v) is 4.72. The minimum Gasteiger partial charge on any atom is -0.347 e. The minimum atomic E-state index is -3.97. The van der Waals surface area contributed by atoms with Crippen LogP contribution in [0.3, 0.4) is 0 Å². The molecule has 1 aromatic heterocycles. The molecular formula is C14H21N7O2S. The highest BCUT2D eigenvalue weighted by Crippen LogP contribution is 2.21. The molecule has 0 radical (unpaired) electrons. The Morgan fingerprint density at radius 2 is 1.25 bits per heavy atom. The molecule has 2 rings (SSSR count). The van der Waals surface area contributed by atoms with Crippen LogP contribution in [0.2, 0.25) is 0 Å². The second-order valence-electron chi connectivity index (χ2n) is 5.64. The molecule has 10 heteroatoms. The molecule has 1 aromatic carbocycles. The van der Waals surface area contributed by atoms with Crippen LogP contribution in [-0.4, -0.2) is 51.6 Å². The number of nitrogens with zero attached hydrogens (tertiary/aromatic N) is 6. The summed E-state index contributed by atoms with van der Waals surface area (Å²) in [5.41, 5.74) is 0.947. The predicted octanol–water partition coefficient (Wildman–Crippen LogP) is 0.381. The molecular weight excluding hydrogens is 330 g/mol. The van der Waals surface area contributed by atoms with Crippen LogP contribution in [0.4, 0.5) is 17.8 Å². The molecule has 0 spiro atoms. The monoisotopic (exact) mass is 351 g/mol. The highest BCUT2D eigenvalue weighted by molar-refractivity contribution is 7.92. The molecule has 0 amide bonds. The molecule has 0 bridgehead atoms. The summed E-state index contributed by atoms with van der Waals surface area (Å²) in [7, 11) is 3.00. The van der Waals surface area contributed by atoms with Crippen LogP contribution in [-0.2, 0) is 10.0 Å². The molecule has 0 saturated carbocycles. The van der Waals surface area contributed by atoms with Crippen molar-refractivity contribution in [2.45, 2.75) is 11.8 Å². The molecule has 0 aliphatic rings. The van der Waals surface area contributed by atoms with E-state index in [1.807, 2.05) is 6.92 Å². The fourth-order valence-corrected chi connectivity index (χ4v) is 2.78. The molecule has 2 N–H and O–H groups in total. The van der Waals surface area contributed by atoms with Crippen molar-refractivity contribution in [3.8, 4) is 0 Å². The van der Waals surface area contributed by atoms with Crippen molar-refractivity contribution in [2.75, 3.05) is 42.4 Å². The van der Waals surface area contributed by atoms with E-state index in [-0.39, 0.29) is 10.8 Å². The Hall–Kier alpha value is -2.46. The summed E-state index contributed by atoms with van der Waals surface area (Å²) < 4.78 is 25.9. The number of anilines is 3. The van der Waals surface area contributed by atoms with Crippen LogP contribution >= 0.6 is 0 Å². The molecule has 24 heavy (non-hydrogen) atoms. The maximum atomic E-state index is 12.7. The number of aryl methyl sites for hydroxylation is 1. The molecule has 0 aliphatic heterocycles. The average Bonchev–Trinajstić information content (AvgIpc) is 2.53. The molecule has 2 aromatic rings. The zero-order valence-corrected chi connectivity index (χ0v) is 15.1. The topological polar surface area (TPSA) is 109 Å². The number of aromatic nitrogens is 3. The van der Waals surface area contributed by atoms with Crippen molar-refractivity contribution in [3.63, 3.8) is 0 Å². The van der Waals surface area contributed by atoms with E-state index in [9.17, 15) is 8.42 Å². The Morgan fingerprint density at radius 3 is 1.67 bits per heavy atom. The number of hydrazine groups is 1. The molecule has 9 nitrogen and oxygen atoms in total. The van der Waals surface area contributed by atoms with Crippen molar-refractivity contribution < 1.29 is 8.42 Å². The number of sulfonamides is 1. The van der Waals surface area contributed by atoms with Crippen LogP contribution < -0.4 is 20.1 Å². The second-order valence-corrected chi connectivity index (χ2v) is 7.45. The summed E-state index contributed by atoms with van der Waals surface area (Å²) in [4.78, 5) is 15.8. The van der Waals surface area contributed by atoms with E-state index >= 15 is 0 Å². The number of hydrogen-bond donors (Lipinski definition) is 1. The fraction of sp³-hybridized carbons (Fsp3) is 0.357. The third kappa shape index (κ3) is 3.54. The molecule has 1 heterocycles. The lowest BCUT2D eigenvalue weighted by Crippen LogP contribution is -2.39. The lowest BCUT2D eigenvalue weighted by molar-refractivity contribution is 0.590. The molecule has 0 saturated heterocycles. The van der Waals surface area contributed by atoms with Gasteiger partial charge in [-0.05, 0) is 19.1 Å². The van der Waals surface area contributed by atoms with Gasteiger partial charge in [-0.1, -0.05) is 17.7 Å². The average molecular weight is 351 g/mol. The molecule has 0 atom stereocenters. The predicted molar refractivity (Wildman–Crippen MR) is 93.5 cm³/mol. The Kier molecular flexibility index (Phi) is 4.90. The van der Waals surface area contributed by atoms with Crippen molar-refractivity contribution in [1.29, 1.82) is 0 Å². The van der Waals surface area contributed by atoms with Gasteiger partial charge in [0.1, 0.15) is 0 Å². The van der Waals surface area contributed by atoms with Gasteiger partial charge in [-0.15, -0.1) is 0 Å². The van der Waals surface area contributed by atoms with Gasteiger partial charge in [0.2, 0.25) is 11.9 Å². The highest BCUT2D eigenvalue weighted by Gasteiger charge is 2.26. The first-order valence-corrected chi connectivity index (χ1v) is 8.54. The van der Waals surface area contributed by atoms with Gasteiger partial charge in [-0.3, -0.25) is 0 Å². The Bertz CT molecular complexity index is 793. The van der Waals surface area contributed by atoms with Crippen LogP contribution in [0.25, 0.3) is 0 Å². The summed E-state index contributed by atoms with van der Waals surface area (Å²) in [6, 6.07) is 6.38. The zero-order valence-electron chi connectivity index (χ0n) is 14.3. The molecule has 0 unspecified atom stereocenters. The van der Waals surface area contributed by atoms with Crippen LogP contribution in [0.5, 0.6) is 0 Å². The van der Waals surface area contributed by atoms with E-state index in [0.717, 1.165) is 5.56 Å².